The Bertz CT molecular complexity index is 755. The number of hydrogen-bond donors (Lipinski definition) is 1. The summed E-state index contributed by atoms with van der Waals surface area (Å²) < 4.78 is 11.2. The molecular formula is C18H19N3O3. The van der Waals surface area contributed by atoms with Gasteiger partial charge in [-0.1, -0.05) is 0 Å². The maximum atomic E-state index is 12.1. The average Bonchev–Trinajstić information content (AvgIpc) is 3.04. The van der Waals surface area contributed by atoms with Crippen LogP contribution in [0.4, 0.5) is 0 Å². The number of carbonyl (C=O) groups is 1. The first kappa shape index (κ1) is 16.1. The summed E-state index contributed by atoms with van der Waals surface area (Å²) in [5.41, 5.74) is 0.445. The van der Waals surface area contributed by atoms with E-state index in [9.17, 15) is 4.79 Å². The Morgan fingerprint density at radius 3 is 2.79 bits per heavy atom. The standard InChI is InChI=1S/C18H19N3O3/c1-12-4-9-16(23-12)17(22)21-14-5-7-15(8-6-14)24-18-13(11-19)3-2-10-20-18/h2-4,9-10,14-15H,5-8H2,1H3,(H,21,22). The minimum Gasteiger partial charge on any atom is -0.473 e. The zero-order valence-corrected chi connectivity index (χ0v) is 13.5. The Labute approximate surface area is 140 Å². The summed E-state index contributed by atoms with van der Waals surface area (Å²) in [5.74, 6) is 1.28. The predicted molar refractivity (Wildman–Crippen MR) is 86.5 cm³/mol. The van der Waals surface area contributed by atoms with Crippen LogP contribution in [0.1, 0.15) is 47.6 Å². The second kappa shape index (κ2) is 7.18. The molecule has 6 heteroatoms. The van der Waals surface area contributed by atoms with Crippen LogP contribution in [0, 0.1) is 18.3 Å². The molecule has 1 fully saturated rings. The number of pyridine rings is 1. The van der Waals surface area contributed by atoms with Gasteiger partial charge in [-0.15, -0.1) is 0 Å². The first-order valence-corrected chi connectivity index (χ1v) is 8.05. The molecule has 0 atom stereocenters. The zero-order chi connectivity index (χ0) is 16.9. The number of hydrogen-bond acceptors (Lipinski definition) is 5. The number of ether oxygens (including phenoxy) is 1. The van der Waals surface area contributed by atoms with Gasteiger partial charge in [0.25, 0.3) is 5.91 Å². The zero-order valence-electron chi connectivity index (χ0n) is 13.5. The van der Waals surface area contributed by atoms with Crippen molar-refractivity contribution < 1.29 is 13.9 Å². The molecule has 0 saturated heterocycles. The molecule has 2 aromatic heterocycles. The first-order chi connectivity index (χ1) is 11.7. The molecule has 0 bridgehead atoms. The van der Waals surface area contributed by atoms with Gasteiger partial charge in [0.05, 0.1) is 0 Å². The van der Waals surface area contributed by atoms with Gasteiger partial charge < -0.3 is 14.5 Å². The predicted octanol–water partition coefficient (Wildman–Crippen LogP) is 2.97. The molecule has 1 aliphatic carbocycles. The number of rotatable bonds is 4. The van der Waals surface area contributed by atoms with Gasteiger partial charge in [0.2, 0.25) is 5.88 Å². The van der Waals surface area contributed by atoms with Crippen LogP contribution in [0.2, 0.25) is 0 Å². The maximum absolute atomic E-state index is 12.1. The first-order valence-electron chi connectivity index (χ1n) is 8.05. The number of nitrogens with one attached hydrogen (secondary N) is 1. The number of nitrogens with zero attached hydrogens (tertiary/aromatic N) is 2. The van der Waals surface area contributed by atoms with Gasteiger partial charge in [0.15, 0.2) is 5.76 Å². The average molecular weight is 325 g/mol. The highest BCUT2D eigenvalue weighted by molar-refractivity contribution is 5.91. The fraction of sp³-hybridized carbons (Fsp3) is 0.389. The third-order valence-electron chi connectivity index (χ3n) is 4.14. The molecule has 1 amide bonds. The van der Waals surface area contributed by atoms with Gasteiger partial charge in [0, 0.05) is 12.2 Å². The second-order valence-electron chi connectivity index (χ2n) is 5.94. The van der Waals surface area contributed by atoms with E-state index in [1.807, 2.05) is 6.92 Å². The fourth-order valence-electron chi connectivity index (χ4n) is 2.87. The van der Waals surface area contributed by atoms with E-state index in [0.29, 0.717) is 17.2 Å². The van der Waals surface area contributed by atoms with E-state index in [1.165, 1.54) is 0 Å². The Kier molecular flexibility index (Phi) is 4.80. The number of amides is 1. The van der Waals surface area contributed by atoms with E-state index in [0.717, 1.165) is 31.4 Å². The summed E-state index contributed by atoms with van der Waals surface area (Å²) in [7, 11) is 0. The molecule has 3 rings (SSSR count). The molecule has 2 aromatic rings. The van der Waals surface area contributed by atoms with Crippen molar-refractivity contribution in [1.29, 1.82) is 5.26 Å². The second-order valence-corrected chi connectivity index (χ2v) is 5.94. The van der Waals surface area contributed by atoms with E-state index in [2.05, 4.69) is 16.4 Å². The molecule has 1 aliphatic rings. The van der Waals surface area contributed by atoms with E-state index >= 15 is 0 Å². The summed E-state index contributed by atoms with van der Waals surface area (Å²) in [6.45, 7) is 1.81. The lowest BCUT2D eigenvalue weighted by Gasteiger charge is -2.29. The van der Waals surface area contributed by atoms with Crippen LogP contribution < -0.4 is 10.1 Å². The van der Waals surface area contributed by atoms with Gasteiger partial charge in [0.1, 0.15) is 23.5 Å². The summed E-state index contributed by atoms with van der Waals surface area (Å²) in [6, 6.07) is 9.07. The van der Waals surface area contributed by atoms with Crippen molar-refractivity contribution >= 4 is 5.91 Å². The lowest BCUT2D eigenvalue weighted by atomic mass is 9.93. The quantitative estimate of drug-likeness (QED) is 0.933. The van der Waals surface area contributed by atoms with Crippen LogP contribution in [0.3, 0.4) is 0 Å². The fourth-order valence-corrected chi connectivity index (χ4v) is 2.87. The normalized spacial score (nSPS) is 20.2. The van der Waals surface area contributed by atoms with Crippen LogP contribution in [0.5, 0.6) is 5.88 Å². The summed E-state index contributed by atoms with van der Waals surface area (Å²) in [6.07, 6.45) is 4.90. The smallest absolute Gasteiger partial charge is 0.287 e. The number of furan rings is 1. The van der Waals surface area contributed by atoms with Crippen molar-refractivity contribution in [1.82, 2.24) is 10.3 Å². The van der Waals surface area contributed by atoms with Crippen LogP contribution in [0.15, 0.2) is 34.9 Å². The van der Waals surface area contributed by atoms with Gasteiger partial charge in [-0.05, 0) is 56.9 Å². The van der Waals surface area contributed by atoms with Crippen molar-refractivity contribution in [3.05, 3.63) is 47.5 Å². The molecule has 1 saturated carbocycles. The lowest BCUT2D eigenvalue weighted by molar-refractivity contribution is 0.0862. The molecule has 0 spiro atoms. The van der Waals surface area contributed by atoms with Gasteiger partial charge in [-0.2, -0.15) is 5.26 Å². The Hall–Kier alpha value is -2.81. The van der Waals surface area contributed by atoms with Crippen molar-refractivity contribution in [2.75, 3.05) is 0 Å². The van der Waals surface area contributed by atoms with Crippen molar-refractivity contribution in [2.45, 2.75) is 44.8 Å². The molecule has 1 N–H and O–H groups in total. The third kappa shape index (κ3) is 3.74. The summed E-state index contributed by atoms with van der Waals surface area (Å²) in [5, 5.41) is 12.1. The van der Waals surface area contributed by atoms with E-state index in [4.69, 9.17) is 14.4 Å². The minimum absolute atomic E-state index is 0.0195. The Morgan fingerprint density at radius 1 is 1.33 bits per heavy atom. The summed E-state index contributed by atoms with van der Waals surface area (Å²) in [4.78, 5) is 16.2. The van der Waals surface area contributed by atoms with Crippen molar-refractivity contribution in [2.24, 2.45) is 0 Å². The molecule has 2 heterocycles. The topological polar surface area (TPSA) is 88.1 Å². The monoisotopic (exact) mass is 325 g/mol. The summed E-state index contributed by atoms with van der Waals surface area (Å²) >= 11 is 0. The van der Waals surface area contributed by atoms with Gasteiger partial charge >= 0.3 is 0 Å². The van der Waals surface area contributed by atoms with Crippen molar-refractivity contribution in [3.63, 3.8) is 0 Å². The molecule has 0 radical (unpaired) electrons. The Balaban J connectivity index is 1.51. The van der Waals surface area contributed by atoms with E-state index in [-0.39, 0.29) is 18.1 Å². The number of carbonyl (C=O) groups excluding carboxylic acids is 1. The molecule has 0 unspecified atom stereocenters. The van der Waals surface area contributed by atoms with Crippen LogP contribution in [-0.4, -0.2) is 23.0 Å². The highest BCUT2D eigenvalue weighted by Crippen LogP contribution is 2.24. The molecule has 6 nitrogen and oxygen atoms in total. The molecular weight excluding hydrogens is 306 g/mol. The number of nitriles is 1. The van der Waals surface area contributed by atoms with Crippen LogP contribution in [-0.2, 0) is 0 Å². The molecule has 0 aliphatic heterocycles. The Morgan fingerprint density at radius 2 is 2.12 bits per heavy atom. The van der Waals surface area contributed by atoms with Crippen molar-refractivity contribution in [3.8, 4) is 11.9 Å². The van der Waals surface area contributed by atoms with E-state index < -0.39 is 0 Å². The molecule has 0 aromatic carbocycles. The number of aryl methyl sites for hydroxylation is 1. The highest BCUT2D eigenvalue weighted by atomic mass is 16.5. The molecule has 124 valence electrons. The van der Waals surface area contributed by atoms with E-state index in [1.54, 1.807) is 30.5 Å². The van der Waals surface area contributed by atoms with Crippen LogP contribution in [0.25, 0.3) is 0 Å². The third-order valence-corrected chi connectivity index (χ3v) is 4.14. The largest absolute Gasteiger partial charge is 0.473 e. The maximum Gasteiger partial charge on any atom is 0.287 e. The highest BCUT2D eigenvalue weighted by Gasteiger charge is 2.25. The van der Waals surface area contributed by atoms with Crippen LogP contribution >= 0.6 is 0 Å². The SMILES string of the molecule is Cc1ccc(C(=O)NC2CCC(Oc3ncccc3C#N)CC2)o1. The molecule has 24 heavy (non-hydrogen) atoms. The van der Waals surface area contributed by atoms with Gasteiger partial charge in [-0.3, -0.25) is 4.79 Å². The van der Waals surface area contributed by atoms with Gasteiger partial charge in [-0.25, -0.2) is 4.98 Å². The lowest BCUT2D eigenvalue weighted by Crippen LogP contribution is -2.39. The minimum atomic E-state index is -0.177. The number of aromatic nitrogens is 1.